The van der Waals surface area contributed by atoms with Crippen LogP contribution in [0.5, 0.6) is 0 Å². The van der Waals surface area contributed by atoms with E-state index in [2.05, 4.69) is 29.2 Å². The van der Waals surface area contributed by atoms with Crippen molar-refractivity contribution in [3.8, 4) is 0 Å². The fourth-order valence-corrected chi connectivity index (χ4v) is 6.18. The number of β-lactam (4-membered cyclic amide) rings is 1. The average Bonchev–Trinajstić information content (AvgIpc) is 2.45. The van der Waals surface area contributed by atoms with Gasteiger partial charge in [0.05, 0.1) is 5.92 Å². The fraction of sp³-hybridized carbons (Fsp3) is 0.632. The van der Waals surface area contributed by atoms with Crippen molar-refractivity contribution < 1.29 is 4.79 Å². The third kappa shape index (κ3) is 1.68. The van der Waals surface area contributed by atoms with Crippen molar-refractivity contribution in [1.29, 1.82) is 0 Å². The zero-order chi connectivity index (χ0) is 14.0. The van der Waals surface area contributed by atoms with Gasteiger partial charge in [0.2, 0.25) is 5.91 Å². The summed E-state index contributed by atoms with van der Waals surface area (Å²) in [4.78, 5) is 15.1. The molecule has 1 heterocycles. The highest BCUT2D eigenvalue weighted by Gasteiger charge is 2.58. The molecule has 1 saturated heterocycles. The molecular weight excluding hydrogens is 258 g/mol. The number of hydrogen-bond donors (Lipinski definition) is 0. The van der Waals surface area contributed by atoms with Crippen LogP contribution in [0.2, 0.25) is 0 Å². The molecule has 5 aliphatic rings. The Labute approximate surface area is 126 Å². The second-order valence-electron chi connectivity index (χ2n) is 8.05. The summed E-state index contributed by atoms with van der Waals surface area (Å²) in [7, 11) is 0. The Balaban J connectivity index is 1.40. The molecule has 1 amide bonds. The zero-order valence-corrected chi connectivity index (χ0v) is 12.5. The highest BCUT2D eigenvalue weighted by Crippen LogP contribution is 2.59. The molecule has 2 heteroatoms. The minimum absolute atomic E-state index is 0.138. The Morgan fingerprint density at radius 1 is 0.905 bits per heavy atom. The van der Waals surface area contributed by atoms with E-state index >= 15 is 0 Å². The first-order valence-electron chi connectivity index (χ1n) is 8.60. The van der Waals surface area contributed by atoms with Crippen LogP contribution in [-0.4, -0.2) is 22.9 Å². The second-order valence-corrected chi connectivity index (χ2v) is 8.05. The van der Waals surface area contributed by atoms with Gasteiger partial charge in [0, 0.05) is 12.1 Å². The van der Waals surface area contributed by atoms with Crippen LogP contribution in [0.15, 0.2) is 30.3 Å². The van der Waals surface area contributed by atoms with Gasteiger partial charge in [-0.25, -0.2) is 0 Å². The molecule has 2 nitrogen and oxygen atoms in total. The predicted molar refractivity (Wildman–Crippen MR) is 81.8 cm³/mol. The number of likely N-dealkylation sites (tertiary alicyclic amines) is 1. The molecule has 0 spiro atoms. The van der Waals surface area contributed by atoms with Crippen LogP contribution >= 0.6 is 0 Å². The molecule has 1 aliphatic heterocycles. The molecule has 21 heavy (non-hydrogen) atoms. The van der Waals surface area contributed by atoms with E-state index in [1.54, 1.807) is 0 Å². The summed E-state index contributed by atoms with van der Waals surface area (Å²) in [5.41, 5.74) is 1.47. The van der Waals surface area contributed by atoms with Gasteiger partial charge >= 0.3 is 0 Å². The lowest BCUT2D eigenvalue weighted by Crippen LogP contribution is -2.68. The van der Waals surface area contributed by atoms with E-state index < -0.39 is 0 Å². The smallest absolute Gasteiger partial charge is 0.232 e. The van der Waals surface area contributed by atoms with E-state index in [1.807, 2.05) is 6.07 Å². The Bertz CT molecular complexity index is 543. The Morgan fingerprint density at radius 3 is 2.00 bits per heavy atom. The number of carbonyl (C=O) groups excluding carboxylic acids is 1. The molecule has 4 saturated carbocycles. The largest absolute Gasteiger partial charge is 0.335 e. The van der Waals surface area contributed by atoms with Crippen molar-refractivity contribution >= 4 is 5.91 Å². The van der Waals surface area contributed by atoms with Crippen molar-refractivity contribution in [1.82, 2.24) is 4.90 Å². The van der Waals surface area contributed by atoms with Gasteiger partial charge in [-0.15, -0.1) is 0 Å². The summed E-state index contributed by atoms with van der Waals surface area (Å²) in [6, 6.07) is 10.4. The summed E-state index contributed by atoms with van der Waals surface area (Å²) in [5, 5.41) is 0. The van der Waals surface area contributed by atoms with E-state index in [0.717, 1.165) is 24.3 Å². The van der Waals surface area contributed by atoms with Crippen LogP contribution < -0.4 is 0 Å². The van der Waals surface area contributed by atoms with Crippen LogP contribution in [0.1, 0.15) is 50.0 Å². The van der Waals surface area contributed by atoms with Crippen molar-refractivity contribution in [2.24, 2.45) is 17.8 Å². The molecule has 1 aromatic rings. The normalized spacial score (nSPS) is 44.0. The average molecular weight is 281 g/mol. The molecule has 0 radical (unpaired) electrons. The maximum Gasteiger partial charge on any atom is 0.232 e. The first-order valence-corrected chi connectivity index (χ1v) is 8.60. The van der Waals surface area contributed by atoms with Crippen LogP contribution in [0.4, 0.5) is 0 Å². The third-order valence-electron chi connectivity index (χ3n) is 6.71. The van der Waals surface area contributed by atoms with Gasteiger partial charge in [0.15, 0.2) is 0 Å². The number of nitrogens with zero attached hydrogens (tertiary/aromatic N) is 1. The van der Waals surface area contributed by atoms with E-state index in [1.165, 1.54) is 44.1 Å². The molecule has 0 aromatic heterocycles. The Hall–Kier alpha value is -1.31. The van der Waals surface area contributed by atoms with Crippen molar-refractivity contribution in [3.63, 3.8) is 0 Å². The summed E-state index contributed by atoms with van der Waals surface area (Å²) >= 11 is 0. The number of amides is 1. The van der Waals surface area contributed by atoms with Gasteiger partial charge in [0.25, 0.3) is 0 Å². The molecule has 1 aromatic carbocycles. The minimum Gasteiger partial charge on any atom is -0.335 e. The summed E-state index contributed by atoms with van der Waals surface area (Å²) in [5.74, 6) is 3.29. The highest BCUT2D eigenvalue weighted by atomic mass is 16.2. The fourth-order valence-electron chi connectivity index (χ4n) is 6.18. The topological polar surface area (TPSA) is 20.3 Å². The number of hydrogen-bond acceptors (Lipinski definition) is 1. The number of benzene rings is 1. The van der Waals surface area contributed by atoms with Crippen LogP contribution in [0.3, 0.4) is 0 Å². The SMILES string of the molecule is O=C1C(c2ccccc2)CN1C12CC3CC(CC(C3)C1)C2. The van der Waals surface area contributed by atoms with Gasteiger partial charge in [-0.1, -0.05) is 30.3 Å². The first kappa shape index (κ1) is 12.3. The van der Waals surface area contributed by atoms with E-state index in [9.17, 15) is 4.79 Å². The number of rotatable bonds is 2. The lowest BCUT2D eigenvalue weighted by molar-refractivity contribution is -0.168. The predicted octanol–water partition coefficient (Wildman–Crippen LogP) is 3.58. The van der Waals surface area contributed by atoms with Crippen molar-refractivity contribution in [2.75, 3.05) is 6.54 Å². The lowest BCUT2D eigenvalue weighted by atomic mass is 9.52. The number of carbonyl (C=O) groups is 1. The summed E-state index contributed by atoms with van der Waals surface area (Å²) < 4.78 is 0. The standard InChI is InChI=1S/C19H23NO/c21-18-17(16-4-2-1-3-5-16)12-20(18)19-9-13-6-14(10-19)8-15(7-13)11-19/h1-5,13-15,17H,6-12H2. The van der Waals surface area contributed by atoms with Gasteiger partial charge in [0.1, 0.15) is 0 Å². The molecular formula is C19H23NO. The van der Waals surface area contributed by atoms with E-state index in [0.29, 0.717) is 5.91 Å². The quantitative estimate of drug-likeness (QED) is 0.759. The van der Waals surface area contributed by atoms with Crippen LogP contribution in [0, 0.1) is 17.8 Å². The van der Waals surface area contributed by atoms with Gasteiger partial charge in [-0.05, 0) is 61.8 Å². The van der Waals surface area contributed by atoms with E-state index in [4.69, 9.17) is 0 Å². The molecule has 4 bridgehead atoms. The summed E-state index contributed by atoms with van der Waals surface area (Å²) in [6.45, 7) is 0.967. The minimum atomic E-state index is 0.138. The van der Waals surface area contributed by atoms with Crippen LogP contribution in [-0.2, 0) is 4.79 Å². The zero-order valence-electron chi connectivity index (χ0n) is 12.5. The molecule has 6 rings (SSSR count). The van der Waals surface area contributed by atoms with Gasteiger partial charge < -0.3 is 4.90 Å². The van der Waals surface area contributed by atoms with E-state index in [-0.39, 0.29) is 11.5 Å². The molecule has 110 valence electrons. The van der Waals surface area contributed by atoms with Gasteiger partial charge in [-0.3, -0.25) is 4.79 Å². The Kier molecular flexibility index (Phi) is 2.40. The molecule has 1 unspecified atom stereocenters. The van der Waals surface area contributed by atoms with Crippen molar-refractivity contribution in [2.45, 2.75) is 50.0 Å². The maximum absolute atomic E-state index is 12.8. The Morgan fingerprint density at radius 2 is 1.48 bits per heavy atom. The monoisotopic (exact) mass is 281 g/mol. The lowest BCUT2D eigenvalue weighted by Gasteiger charge is -2.63. The second kappa shape index (κ2) is 4.12. The molecule has 4 aliphatic carbocycles. The summed E-state index contributed by atoms with van der Waals surface area (Å²) in [6.07, 6.45) is 8.24. The molecule has 1 atom stereocenters. The molecule has 0 N–H and O–H groups in total. The van der Waals surface area contributed by atoms with Gasteiger partial charge in [-0.2, -0.15) is 0 Å². The third-order valence-corrected chi connectivity index (χ3v) is 6.71. The first-order chi connectivity index (χ1) is 10.2. The highest BCUT2D eigenvalue weighted by molar-refractivity contribution is 5.90. The van der Waals surface area contributed by atoms with Crippen molar-refractivity contribution in [3.05, 3.63) is 35.9 Å². The maximum atomic E-state index is 12.8. The van der Waals surface area contributed by atoms with Crippen LogP contribution in [0.25, 0.3) is 0 Å². The molecule has 5 fully saturated rings.